The van der Waals surface area contributed by atoms with Gasteiger partial charge in [0.05, 0.1) is 34.8 Å². The molecular weight excluding hydrogens is 420 g/mol. The molecular formula is C24H26N6O3. The maximum absolute atomic E-state index is 13.2. The Morgan fingerprint density at radius 2 is 1.88 bits per heavy atom. The molecule has 0 spiro atoms. The number of benzene rings is 2. The highest BCUT2D eigenvalue weighted by molar-refractivity contribution is 6.00. The van der Waals surface area contributed by atoms with E-state index in [2.05, 4.69) is 15.5 Å². The first-order valence-corrected chi connectivity index (χ1v) is 11.1. The van der Waals surface area contributed by atoms with E-state index in [0.717, 1.165) is 16.8 Å². The maximum Gasteiger partial charge on any atom is 0.262 e. The molecule has 1 saturated heterocycles. The number of nitrogens with zero attached hydrogens (tertiary/aromatic N) is 5. The van der Waals surface area contributed by atoms with Gasteiger partial charge in [-0.3, -0.25) is 18.6 Å². The van der Waals surface area contributed by atoms with E-state index in [1.165, 1.54) is 4.57 Å². The molecule has 170 valence electrons. The number of carbonyl (C=O) groups is 1. The van der Waals surface area contributed by atoms with Crippen molar-refractivity contribution in [1.29, 1.82) is 0 Å². The van der Waals surface area contributed by atoms with E-state index in [4.69, 9.17) is 0 Å². The highest BCUT2D eigenvalue weighted by Crippen LogP contribution is 2.25. The Bertz CT molecular complexity index is 1420. The SMILES string of the molecule is Cc1cccc(C(=O)N2CCC(O)CC2)c1NCc1nnc2n(C)c(=O)c3ccccc3n12. The van der Waals surface area contributed by atoms with Gasteiger partial charge in [-0.15, -0.1) is 10.2 Å². The standard InChI is InChI=1S/C24H26N6O3/c1-15-6-5-8-18(23(33)29-12-10-16(31)11-13-29)21(15)25-14-20-26-27-24-28(2)22(32)17-7-3-4-9-19(17)30(20)24/h3-9,16,25,31H,10-14H2,1-2H3. The van der Waals surface area contributed by atoms with Crippen molar-refractivity contribution < 1.29 is 9.90 Å². The summed E-state index contributed by atoms with van der Waals surface area (Å²) in [5.41, 5.74) is 2.91. The van der Waals surface area contributed by atoms with Crippen LogP contribution in [-0.4, -0.2) is 54.3 Å². The summed E-state index contributed by atoms with van der Waals surface area (Å²) in [5.74, 6) is 1.05. The Hall–Kier alpha value is -3.72. The summed E-state index contributed by atoms with van der Waals surface area (Å²) in [6.07, 6.45) is 0.853. The molecule has 0 aliphatic carbocycles. The van der Waals surface area contributed by atoms with Gasteiger partial charge in [-0.05, 0) is 43.5 Å². The van der Waals surface area contributed by atoms with Crippen LogP contribution < -0.4 is 10.9 Å². The average Bonchev–Trinajstić information content (AvgIpc) is 3.26. The molecule has 0 radical (unpaired) electrons. The first kappa shape index (κ1) is 21.1. The molecule has 0 unspecified atom stereocenters. The van der Waals surface area contributed by atoms with Crippen LogP contribution in [-0.2, 0) is 13.6 Å². The summed E-state index contributed by atoms with van der Waals surface area (Å²) < 4.78 is 3.36. The van der Waals surface area contributed by atoms with Crippen molar-refractivity contribution >= 4 is 28.3 Å². The van der Waals surface area contributed by atoms with Crippen molar-refractivity contribution in [3.05, 3.63) is 69.8 Å². The van der Waals surface area contributed by atoms with E-state index in [9.17, 15) is 14.7 Å². The lowest BCUT2D eigenvalue weighted by molar-refractivity contribution is 0.0547. The maximum atomic E-state index is 13.2. The number of hydrogen-bond donors (Lipinski definition) is 2. The molecule has 1 aliphatic heterocycles. The lowest BCUT2D eigenvalue weighted by Gasteiger charge is -2.30. The molecule has 4 aromatic rings. The normalized spacial score (nSPS) is 14.8. The van der Waals surface area contributed by atoms with E-state index in [0.29, 0.717) is 55.0 Å². The van der Waals surface area contributed by atoms with Gasteiger partial charge in [0.2, 0.25) is 5.78 Å². The van der Waals surface area contributed by atoms with E-state index < -0.39 is 0 Å². The third kappa shape index (κ3) is 3.64. The Morgan fingerprint density at radius 1 is 1.12 bits per heavy atom. The molecule has 2 aromatic heterocycles. The molecule has 0 saturated carbocycles. The van der Waals surface area contributed by atoms with Crippen LogP contribution in [0.4, 0.5) is 5.69 Å². The van der Waals surface area contributed by atoms with Gasteiger partial charge >= 0.3 is 0 Å². The second kappa shape index (κ2) is 8.32. The predicted octanol–water partition coefficient (Wildman–Crippen LogP) is 2.10. The number of para-hydroxylation sites is 2. The largest absolute Gasteiger partial charge is 0.393 e. The topological polar surface area (TPSA) is 105 Å². The summed E-state index contributed by atoms with van der Waals surface area (Å²) in [7, 11) is 1.68. The first-order valence-electron chi connectivity index (χ1n) is 11.1. The van der Waals surface area contributed by atoms with E-state index in [1.54, 1.807) is 18.0 Å². The number of piperidine rings is 1. The van der Waals surface area contributed by atoms with Gasteiger partial charge in [-0.1, -0.05) is 24.3 Å². The fraction of sp³-hybridized carbons (Fsp3) is 0.333. The molecule has 9 nitrogen and oxygen atoms in total. The Morgan fingerprint density at radius 3 is 2.67 bits per heavy atom. The molecule has 0 bridgehead atoms. The second-order valence-corrected chi connectivity index (χ2v) is 8.51. The number of carbonyl (C=O) groups excluding carboxylic acids is 1. The predicted molar refractivity (Wildman–Crippen MR) is 125 cm³/mol. The number of nitrogens with one attached hydrogen (secondary N) is 1. The summed E-state index contributed by atoms with van der Waals surface area (Å²) in [4.78, 5) is 27.7. The van der Waals surface area contributed by atoms with Crippen LogP contribution in [0.2, 0.25) is 0 Å². The third-order valence-electron chi connectivity index (χ3n) is 6.37. The fourth-order valence-corrected chi connectivity index (χ4v) is 4.49. The smallest absolute Gasteiger partial charge is 0.262 e. The number of amides is 1. The highest BCUT2D eigenvalue weighted by Gasteiger charge is 2.25. The molecule has 2 N–H and O–H groups in total. The number of aliphatic hydroxyl groups excluding tert-OH is 1. The van der Waals surface area contributed by atoms with Gasteiger partial charge in [-0.2, -0.15) is 0 Å². The van der Waals surface area contributed by atoms with Crippen molar-refractivity contribution in [1.82, 2.24) is 24.1 Å². The molecule has 0 atom stereocenters. The lowest BCUT2D eigenvalue weighted by atomic mass is 10.0. The van der Waals surface area contributed by atoms with Crippen LogP contribution in [0.25, 0.3) is 16.7 Å². The molecule has 2 aromatic carbocycles. The first-order chi connectivity index (χ1) is 16.0. The summed E-state index contributed by atoms with van der Waals surface area (Å²) in [6.45, 7) is 3.37. The van der Waals surface area contributed by atoms with Crippen molar-refractivity contribution in [3.63, 3.8) is 0 Å². The zero-order valence-corrected chi connectivity index (χ0v) is 18.7. The van der Waals surface area contributed by atoms with Crippen molar-refractivity contribution in [3.8, 4) is 0 Å². The van der Waals surface area contributed by atoms with E-state index in [1.807, 2.05) is 47.7 Å². The Balaban J connectivity index is 1.50. The van der Waals surface area contributed by atoms with E-state index in [-0.39, 0.29) is 17.6 Å². The molecule has 3 heterocycles. The van der Waals surface area contributed by atoms with Crippen LogP contribution >= 0.6 is 0 Å². The summed E-state index contributed by atoms with van der Waals surface area (Å²) >= 11 is 0. The fourth-order valence-electron chi connectivity index (χ4n) is 4.49. The summed E-state index contributed by atoms with van der Waals surface area (Å²) in [5, 5.41) is 22.3. The van der Waals surface area contributed by atoms with Gasteiger partial charge in [0.15, 0.2) is 5.82 Å². The van der Waals surface area contributed by atoms with Crippen molar-refractivity contribution in [2.24, 2.45) is 7.05 Å². The second-order valence-electron chi connectivity index (χ2n) is 8.51. The third-order valence-corrected chi connectivity index (χ3v) is 6.37. The lowest BCUT2D eigenvalue weighted by Crippen LogP contribution is -2.40. The van der Waals surface area contributed by atoms with Gasteiger partial charge in [0.1, 0.15) is 0 Å². The number of aryl methyl sites for hydroxylation is 2. The molecule has 33 heavy (non-hydrogen) atoms. The molecule has 1 fully saturated rings. The minimum absolute atomic E-state index is 0.0490. The number of fused-ring (bicyclic) bond motifs is 3. The van der Waals surface area contributed by atoms with Gasteiger partial charge < -0.3 is 15.3 Å². The number of rotatable bonds is 4. The molecule has 5 rings (SSSR count). The number of hydrogen-bond acceptors (Lipinski definition) is 6. The average molecular weight is 447 g/mol. The quantitative estimate of drug-likeness (QED) is 0.498. The zero-order chi connectivity index (χ0) is 23.1. The number of aliphatic hydroxyl groups is 1. The number of likely N-dealkylation sites (tertiary alicyclic amines) is 1. The molecule has 9 heteroatoms. The molecule has 1 amide bonds. The van der Waals surface area contributed by atoms with Gasteiger partial charge in [-0.25, -0.2) is 0 Å². The highest BCUT2D eigenvalue weighted by atomic mass is 16.3. The zero-order valence-electron chi connectivity index (χ0n) is 18.7. The van der Waals surface area contributed by atoms with Crippen LogP contribution in [0.3, 0.4) is 0 Å². The Labute approximate surface area is 190 Å². The number of anilines is 1. The minimum atomic E-state index is -0.337. The van der Waals surface area contributed by atoms with Crippen LogP contribution in [0, 0.1) is 6.92 Å². The summed E-state index contributed by atoms with van der Waals surface area (Å²) in [6, 6.07) is 13.0. The number of aromatic nitrogens is 4. The van der Waals surface area contributed by atoms with Crippen molar-refractivity contribution in [2.45, 2.75) is 32.4 Å². The van der Waals surface area contributed by atoms with Gasteiger partial charge in [0, 0.05) is 20.1 Å². The van der Waals surface area contributed by atoms with Crippen LogP contribution in [0.1, 0.15) is 34.6 Å². The molecule has 1 aliphatic rings. The van der Waals surface area contributed by atoms with Crippen molar-refractivity contribution in [2.75, 3.05) is 18.4 Å². The monoisotopic (exact) mass is 446 g/mol. The van der Waals surface area contributed by atoms with Crippen LogP contribution in [0.5, 0.6) is 0 Å². The van der Waals surface area contributed by atoms with E-state index >= 15 is 0 Å². The Kier molecular flexibility index (Phi) is 5.33. The van der Waals surface area contributed by atoms with Crippen LogP contribution in [0.15, 0.2) is 47.3 Å². The van der Waals surface area contributed by atoms with Gasteiger partial charge in [0.25, 0.3) is 11.5 Å². The minimum Gasteiger partial charge on any atom is -0.393 e.